The van der Waals surface area contributed by atoms with Gasteiger partial charge in [0.1, 0.15) is 0 Å². The Labute approximate surface area is 122 Å². The number of aromatic nitrogens is 3. The quantitative estimate of drug-likeness (QED) is 0.836. The number of hydrogen-bond acceptors (Lipinski definition) is 3. The highest BCUT2D eigenvalue weighted by atomic mass is 32.1. The summed E-state index contributed by atoms with van der Waals surface area (Å²) in [5, 5.41) is 9.45. The summed E-state index contributed by atoms with van der Waals surface area (Å²) < 4.78 is 2.93. The fraction of sp³-hybridized carbons (Fsp3) is 0.571. The van der Waals surface area contributed by atoms with Gasteiger partial charge >= 0.3 is 0 Å². The third-order valence-corrected chi connectivity index (χ3v) is 5.28. The summed E-state index contributed by atoms with van der Waals surface area (Å²) in [6.07, 6.45) is 6.66. The van der Waals surface area contributed by atoms with Gasteiger partial charge in [-0.3, -0.25) is 9.67 Å². The number of H-pyrrole nitrogens is 1. The number of thiophene rings is 1. The number of hydrogen-bond donors (Lipinski definition) is 1. The first-order valence-electron chi connectivity index (χ1n) is 6.87. The molecule has 0 aromatic carbocycles. The van der Waals surface area contributed by atoms with Crippen LogP contribution in [0.4, 0.5) is 0 Å². The van der Waals surface area contributed by atoms with Crippen LogP contribution in [0.1, 0.15) is 39.0 Å². The Morgan fingerprint density at radius 3 is 2.89 bits per heavy atom. The summed E-state index contributed by atoms with van der Waals surface area (Å²) in [7, 11) is 0. The highest BCUT2D eigenvalue weighted by molar-refractivity contribution is 7.71. The van der Waals surface area contributed by atoms with E-state index in [1.165, 1.54) is 37.0 Å². The predicted molar refractivity (Wildman–Crippen MR) is 81.9 cm³/mol. The highest BCUT2D eigenvalue weighted by Gasteiger charge is 2.28. The number of nitrogens with zero attached hydrogens (tertiary/aromatic N) is 2. The van der Waals surface area contributed by atoms with Crippen molar-refractivity contribution in [2.45, 2.75) is 45.6 Å². The van der Waals surface area contributed by atoms with E-state index in [4.69, 9.17) is 12.2 Å². The maximum absolute atomic E-state index is 5.41. The summed E-state index contributed by atoms with van der Waals surface area (Å²) in [5.74, 6) is 0.992. The highest BCUT2D eigenvalue weighted by Crippen LogP contribution is 2.38. The van der Waals surface area contributed by atoms with E-state index in [-0.39, 0.29) is 0 Å². The zero-order valence-electron chi connectivity index (χ0n) is 11.2. The Morgan fingerprint density at radius 1 is 1.42 bits per heavy atom. The molecular formula is C14H19N3S2. The van der Waals surface area contributed by atoms with E-state index < -0.39 is 0 Å². The van der Waals surface area contributed by atoms with Gasteiger partial charge in [-0.15, -0.1) is 11.3 Å². The van der Waals surface area contributed by atoms with Crippen molar-refractivity contribution in [2.24, 2.45) is 5.41 Å². The van der Waals surface area contributed by atoms with Gasteiger partial charge in [0, 0.05) is 6.54 Å². The zero-order valence-corrected chi connectivity index (χ0v) is 12.8. The van der Waals surface area contributed by atoms with Gasteiger partial charge in [0.25, 0.3) is 0 Å². The molecule has 1 aliphatic carbocycles. The van der Waals surface area contributed by atoms with Crippen molar-refractivity contribution in [3.63, 3.8) is 0 Å². The Hall–Kier alpha value is -0.940. The van der Waals surface area contributed by atoms with Gasteiger partial charge in [-0.2, -0.15) is 5.10 Å². The Morgan fingerprint density at radius 2 is 2.21 bits per heavy atom. The normalized spacial score (nSPS) is 18.6. The third-order valence-electron chi connectivity index (χ3n) is 4.10. The Bertz CT molecular complexity index is 588. The summed E-state index contributed by atoms with van der Waals surface area (Å²) in [4.78, 5) is 1.19. The summed E-state index contributed by atoms with van der Waals surface area (Å²) >= 11 is 7.13. The van der Waals surface area contributed by atoms with Crippen LogP contribution in [-0.4, -0.2) is 14.8 Å². The van der Waals surface area contributed by atoms with Crippen LogP contribution < -0.4 is 0 Å². The van der Waals surface area contributed by atoms with E-state index in [0.29, 0.717) is 5.41 Å². The van der Waals surface area contributed by atoms with Gasteiger partial charge in [0.2, 0.25) is 0 Å². The lowest BCUT2D eigenvalue weighted by Gasteiger charge is -2.34. The molecule has 0 bridgehead atoms. The summed E-state index contributed by atoms with van der Waals surface area (Å²) in [5.41, 5.74) is 0.367. The Kier molecular flexibility index (Phi) is 3.58. The molecular weight excluding hydrogens is 274 g/mol. The molecule has 0 spiro atoms. The molecule has 2 heterocycles. The molecule has 102 valence electrons. The molecule has 3 rings (SSSR count). The van der Waals surface area contributed by atoms with Crippen molar-refractivity contribution in [1.82, 2.24) is 14.8 Å². The molecule has 0 unspecified atom stereocenters. The molecule has 0 atom stereocenters. The molecule has 2 aromatic heterocycles. The van der Waals surface area contributed by atoms with E-state index in [0.717, 1.165) is 17.1 Å². The van der Waals surface area contributed by atoms with Gasteiger partial charge in [-0.1, -0.05) is 32.3 Å². The molecule has 1 aliphatic rings. The number of aromatic amines is 1. The van der Waals surface area contributed by atoms with Crippen LogP contribution in [0.2, 0.25) is 0 Å². The average molecular weight is 293 g/mol. The van der Waals surface area contributed by atoms with Gasteiger partial charge in [0.15, 0.2) is 10.6 Å². The van der Waals surface area contributed by atoms with Crippen LogP contribution in [0.3, 0.4) is 0 Å². The van der Waals surface area contributed by atoms with Crippen molar-refractivity contribution in [3.8, 4) is 10.7 Å². The second kappa shape index (κ2) is 5.21. The first-order valence-corrected chi connectivity index (χ1v) is 8.16. The molecule has 1 N–H and O–H groups in total. The van der Waals surface area contributed by atoms with E-state index >= 15 is 0 Å². The largest absolute Gasteiger partial charge is 0.299 e. The van der Waals surface area contributed by atoms with Crippen molar-refractivity contribution in [1.29, 1.82) is 0 Å². The number of nitrogens with one attached hydrogen (secondary N) is 1. The monoisotopic (exact) mass is 293 g/mol. The smallest absolute Gasteiger partial charge is 0.195 e. The fourth-order valence-corrected chi connectivity index (χ4v) is 3.92. The maximum atomic E-state index is 5.41. The van der Waals surface area contributed by atoms with Crippen LogP contribution in [0, 0.1) is 10.2 Å². The first kappa shape index (κ1) is 13.1. The Balaban J connectivity index is 1.92. The summed E-state index contributed by atoms with van der Waals surface area (Å²) in [6, 6.07) is 4.17. The van der Waals surface area contributed by atoms with E-state index in [1.807, 2.05) is 0 Å². The topological polar surface area (TPSA) is 33.6 Å². The molecule has 2 aromatic rings. The SMILES string of the molecule is CC1(Cn2c(-c3cccs3)n[nH]c2=S)CCCCC1. The minimum absolute atomic E-state index is 0.367. The maximum Gasteiger partial charge on any atom is 0.195 e. The van der Waals surface area contributed by atoms with Gasteiger partial charge in [0.05, 0.1) is 4.88 Å². The minimum atomic E-state index is 0.367. The van der Waals surface area contributed by atoms with Gasteiger partial charge in [-0.25, -0.2) is 0 Å². The molecule has 0 aliphatic heterocycles. The molecule has 0 amide bonds. The molecule has 1 saturated carbocycles. The molecule has 0 saturated heterocycles. The van der Waals surface area contributed by atoms with E-state index in [1.54, 1.807) is 11.3 Å². The van der Waals surface area contributed by atoms with E-state index in [2.05, 4.69) is 39.2 Å². The molecule has 5 heteroatoms. The lowest BCUT2D eigenvalue weighted by Crippen LogP contribution is -2.26. The minimum Gasteiger partial charge on any atom is -0.299 e. The van der Waals surface area contributed by atoms with Crippen molar-refractivity contribution < 1.29 is 0 Å². The van der Waals surface area contributed by atoms with E-state index in [9.17, 15) is 0 Å². The average Bonchev–Trinajstić information content (AvgIpc) is 3.01. The fourth-order valence-electron chi connectivity index (χ4n) is 3.00. The van der Waals surface area contributed by atoms with Crippen molar-refractivity contribution in [2.75, 3.05) is 0 Å². The second-order valence-corrected chi connectivity index (χ2v) is 7.12. The van der Waals surface area contributed by atoms with Crippen LogP contribution >= 0.6 is 23.6 Å². The van der Waals surface area contributed by atoms with Crippen molar-refractivity contribution >= 4 is 23.6 Å². The van der Waals surface area contributed by atoms with Crippen LogP contribution in [-0.2, 0) is 6.54 Å². The third kappa shape index (κ3) is 2.67. The molecule has 0 radical (unpaired) electrons. The van der Waals surface area contributed by atoms with Gasteiger partial charge < -0.3 is 0 Å². The lowest BCUT2D eigenvalue weighted by molar-refractivity contribution is 0.183. The zero-order chi connectivity index (χ0) is 13.3. The second-order valence-electron chi connectivity index (χ2n) is 5.79. The first-order chi connectivity index (χ1) is 9.18. The predicted octanol–water partition coefficient (Wildman–Crippen LogP) is 4.64. The standard InChI is InChI=1S/C14H19N3S2/c1-14(7-3-2-4-8-14)10-17-12(15-16-13(17)18)11-6-5-9-19-11/h5-6,9H,2-4,7-8,10H2,1H3,(H,16,18). The summed E-state index contributed by atoms with van der Waals surface area (Å²) in [6.45, 7) is 3.37. The van der Waals surface area contributed by atoms with Crippen LogP contribution in [0.25, 0.3) is 10.7 Å². The van der Waals surface area contributed by atoms with Crippen LogP contribution in [0.15, 0.2) is 17.5 Å². The van der Waals surface area contributed by atoms with Gasteiger partial charge in [-0.05, 0) is 41.9 Å². The number of rotatable bonds is 3. The van der Waals surface area contributed by atoms with Crippen LogP contribution in [0.5, 0.6) is 0 Å². The lowest BCUT2D eigenvalue weighted by atomic mass is 9.75. The molecule has 3 nitrogen and oxygen atoms in total. The molecule has 19 heavy (non-hydrogen) atoms. The van der Waals surface area contributed by atoms with Crippen molar-refractivity contribution in [3.05, 3.63) is 22.3 Å². The molecule has 1 fully saturated rings.